The van der Waals surface area contributed by atoms with Crippen LogP contribution in [-0.4, -0.2) is 32.7 Å². The van der Waals surface area contributed by atoms with E-state index >= 15 is 0 Å². The van der Waals surface area contributed by atoms with Gasteiger partial charge in [-0.2, -0.15) is 0 Å². The molecular formula is C13H18N6O. The van der Waals surface area contributed by atoms with E-state index in [2.05, 4.69) is 20.8 Å². The minimum Gasteiger partial charge on any atom is -0.330 e. The fraction of sp³-hybridized carbons (Fsp3) is 0.385. The third-order valence-corrected chi connectivity index (χ3v) is 3.12. The van der Waals surface area contributed by atoms with Crippen molar-refractivity contribution in [1.82, 2.24) is 20.2 Å². The van der Waals surface area contributed by atoms with Gasteiger partial charge in [0.1, 0.15) is 6.33 Å². The van der Waals surface area contributed by atoms with Crippen molar-refractivity contribution in [1.29, 1.82) is 0 Å². The van der Waals surface area contributed by atoms with E-state index in [1.807, 2.05) is 32.0 Å². The Labute approximate surface area is 117 Å². The Morgan fingerprint density at radius 2 is 2.30 bits per heavy atom. The summed E-state index contributed by atoms with van der Waals surface area (Å²) in [5, 5.41) is 14.0. The molecule has 7 heteroatoms. The smallest absolute Gasteiger partial charge is 0.227 e. The van der Waals surface area contributed by atoms with E-state index in [9.17, 15) is 4.79 Å². The van der Waals surface area contributed by atoms with Crippen LogP contribution in [0.15, 0.2) is 24.5 Å². The quantitative estimate of drug-likeness (QED) is 0.843. The maximum Gasteiger partial charge on any atom is 0.227 e. The van der Waals surface area contributed by atoms with Gasteiger partial charge in [-0.3, -0.25) is 4.79 Å². The summed E-state index contributed by atoms with van der Waals surface area (Å²) in [7, 11) is 0. The zero-order chi connectivity index (χ0) is 14.5. The van der Waals surface area contributed by atoms with E-state index in [-0.39, 0.29) is 11.8 Å². The Morgan fingerprint density at radius 1 is 1.50 bits per heavy atom. The van der Waals surface area contributed by atoms with Gasteiger partial charge in [0.25, 0.3) is 0 Å². The average Bonchev–Trinajstić information content (AvgIpc) is 2.95. The van der Waals surface area contributed by atoms with Crippen molar-refractivity contribution in [3.63, 3.8) is 0 Å². The summed E-state index contributed by atoms with van der Waals surface area (Å²) in [6.07, 6.45) is 2.18. The summed E-state index contributed by atoms with van der Waals surface area (Å²) in [4.78, 5) is 12.0. The van der Waals surface area contributed by atoms with Gasteiger partial charge in [-0.25, -0.2) is 4.68 Å². The van der Waals surface area contributed by atoms with Crippen LogP contribution in [0.3, 0.4) is 0 Å². The number of aryl methyl sites for hydroxylation is 1. The van der Waals surface area contributed by atoms with Crippen LogP contribution >= 0.6 is 0 Å². The number of nitrogens with zero attached hydrogens (tertiary/aromatic N) is 4. The number of carbonyl (C=O) groups is 1. The number of amides is 1. The maximum absolute atomic E-state index is 12.0. The molecule has 1 heterocycles. The molecule has 1 atom stereocenters. The number of hydrogen-bond acceptors (Lipinski definition) is 5. The monoisotopic (exact) mass is 274 g/mol. The zero-order valence-electron chi connectivity index (χ0n) is 11.6. The number of tetrazole rings is 1. The van der Waals surface area contributed by atoms with Gasteiger partial charge in [-0.1, -0.05) is 13.0 Å². The largest absolute Gasteiger partial charge is 0.330 e. The molecule has 0 fully saturated rings. The Kier molecular flexibility index (Phi) is 4.41. The summed E-state index contributed by atoms with van der Waals surface area (Å²) >= 11 is 0. The minimum atomic E-state index is -0.113. The molecule has 1 amide bonds. The molecule has 0 aliphatic carbocycles. The van der Waals surface area contributed by atoms with Crippen molar-refractivity contribution in [2.24, 2.45) is 11.7 Å². The molecule has 2 aromatic rings. The molecule has 1 aromatic heterocycles. The Bertz CT molecular complexity index is 581. The van der Waals surface area contributed by atoms with E-state index in [1.165, 1.54) is 6.33 Å². The van der Waals surface area contributed by atoms with Gasteiger partial charge < -0.3 is 11.1 Å². The lowest BCUT2D eigenvalue weighted by molar-refractivity contribution is -0.119. The lowest BCUT2D eigenvalue weighted by Crippen LogP contribution is -2.22. The van der Waals surface area contributed by atoms with Crippen molar-refractivity contribution < 1.29 is 4.79 Å². The number of hydrogen-bond donors (Lipinski definition) is 2. The summed E-state index contributed by atoms with van der Waals surface area (Å²) in [5.74, 6) is -0.153. The third kappa shape index (κ3) is 3.18. The molecule has 1 aromatic carbocycles. The molecule has 0 bridgehead atoms. The molecule has 106 valence electrons. The molecule has 0 radical (unpaired) electrons. The van der Waals surface area contributed by atoms with E-state index in [4.69, 9.17) is 5.73 Å². The summed E-state index contributed by atoms with van der Waals surface area (Å²) in [6.45, 7) is 4.32. The van der Waals surface area contributed by atoms with Crippen LogP contribution in [0.2, 0.25) is 0 Å². The molecule has 2 rings (SSSR count). The molecule has 0 aliphatic rings. The molecule has 0 saturated carbocycles. The van der Waals surface area contributed by atoms with Crippen molar-refractivity contribution in [2.75, 3.05) is 11.9 Å². The fourth-order valence-corrected chi connectivity index (χ4v) is 1.85. The highest BCUT2D eigenvalue weighted by Crippen LogP contribution is 2.19. The molecule has 0 saturated heterocycles. The van der Waals surface area contributed by atoms with Crippen molar-refractivity contribution in [3.05, 3.63) is 30.1 Å². The number of nitrogens with one attached hydrogen (secondary N) is 1. The summed E-state index contributed by atoms with van der Waals surface area (Å²) < 4.78 is 1.56. The van der Waals surface area contributed by atoms with Crippen LogP contribution in [-0.2, 0) is 4.79 Å². The normalized spacial score (nSPS) is 12.2. The lowest BCUT2D eigenvalue weighted by atomic mass is 10.1. The second-order valence-electron chi connectivity index (χ2n) is 4.72. The van der Waals surface area contributed by atoms with Gasteiger partial charge in [0, 0.05) is 11.6 Å². The number of anilines is 1. The first-order valence-corrected chi connectivity index (χ1v) is 6.46. The molecule has 0 aliphatic heterocycles. The van der Waals surface area contributed by atoms with E-state index in [1.54, 1.807) is 4.68 Å². The van der Waals surface area contributed by atoms with Crippen LogP contribution < -0.4 is 11.1 Å². The van der Waals surface area contributed by atoms with E-state index in [0.29, 0.717) is 13.0 Å². The van der Waals surface area contributed by atoms with Crippen LogP contribution in [0.25, 0.3) is 5.69 Å². The SMILES string of the molecule is Cc1ccc(NC(=O)C(C)CCN)cc1-n1cnnn1. The highest BCUT2D eigenvalue weighted by molar-refractivity contribution is 5.92. The standard InChI is InChI=1S/C13H18N6O/c1-9-3-4-11(16-13(20)10(2)5-6-14)7-12(9)19-8-15-17-18-19/h3-4,7-8,10H,5-6,14H2,1-2H3,(H,16,20). The Morgan fingerprint density at radius 3 is 2.95 bits per heavy atom. The Hall–Kier alpha value is -2.28. The predicted octanol–water partition coefficient (Wildman–Crippen LogP) is 0.894. The van der Waals surface area contributed by atoms with Gasteiger partial charge in [-0.05, 0) is 48.0 Å². The minimum absolute atomic E-state index is 0.0398. The molecule has 7 nitrogen and oxygen atoms in total. The van der Waals surface area contributed by atoms with Gasteiger partial charge in [-0.15, -0.1) is 5.10 Å². The maximum atomic E-state index is 12.0. The molecule has 20 heavy (non-hydrogen) atoms. The Balaban J connectivity index is 2.18. The van der Waals surface area contributed by atoms with Gasteiger partial charge in [0.05, 0.1) is 5.69 Å². The molecule has 1 unspecified atom stereocenters. The number of nitrogens with two attached hydrogens (primary N) is 1. The first kappa shape index (κ1) is 14.1. The van der Waals surface area contributed by atoms with Crippen molar-refractivity contribution >= 4 is 11.6 Å². The summed E-state index contributed by atoms with van der Waals surface area (Å²) in [5.41, 5.74) is 8.03. The number of carbonyl (C=O) groups excluding carboxylic acids is 1. The van der Waals surface area contributed by atoms with Gasteiger partial charge in [0.15, 0.2) is 0 Å². The average molecular weight is 274 g/mol. The predicted molar refractivity (Wildman–Crippen MR) is 75.4 cm³/mol. The van der Waals surface area contributed by atoms with Crippen LogP contribution in [0.1, 0.15) is 18.9 Å². The second-order valence-corrected chi connectivity index (χ2v) is 4.72. The third-order valence-electron chi connectivity index (χ3n) is 3.12. The molecular weight excluding hydrogens is 256 g/mol. The molecule has 0 spiro atoms. The number of rotatable bonds is 5. The topological polar surface area (TPSA) is 98.7 Å². The number of benzene rings is 1. The highest BCUT2D eigenvalue weighted by atomic mass is 16.1. The van der Waals surface area contributed by atoms with Crippen LogP contribution in [0.5, 0.6) is 0 Å². The van der Waals surface area contributed by atoms with Crippen LogP contribution in [0.4, 0.5) is 5.69 Å². The molecule has 3 N–H and O–H groups in total. The van der Waals surface area contributed by atoms with E-state index in [0.717, 1.165) is 16.9 Å². The van der Waals surface area contributed by atoms with E-state index < -0.39 is 0 Å². The van der Waals surface area contributed by atoms with Gasteiger partial charge >= 0.3 is 0 Å². The second kappa shape index (κ2) is 6.25. The summed E-state index contributed by atoms with van der Waals surface area (Å²) in [6, 6.07) is 5.62. The highest BCUT2D eigenvalue weighted by Gasteiger charge is 2.13. The van der Waals surface area contributed by atoms with Crippen molar-refractivity contribution in [3.8, 4) is 5.69 Å². The first-order chi connectivity index (χ1) is 9.61. The fourth-order valence-electron chi connectivity index (χ4n) is 1.85. The van der Waals surface area contributed by atoms with Crippen LogP contribution in [0, 0.1) is 12.8 Å². The first-order valence-electron chi connectivity index (χ1n) is 6.46. The van der Waals surface area contributed by atoms with Gasteiger partial charge in [0.2, 0.25) is 5.91 Å². The zero-order valence-corrected chi connectivity index (χ0v) is 11.6. The lowest BCUT2D eigenvalue weighted by Gasteiger charge is -2.13. The number of aromatic nitrogens is 4. The van der Waals surface area contributed by atoms with Crippen molar-refractivity contribution in [2.45, 2.75) is 20.3 Å².